The maximum atomic E-state index is 12.6. The zero-order valence-corrected chi connectivity index (χ0v) is 14.1. The van der Waals surface area contributed by atoms with Crippen molar-refractivity contribution in [1.29, 1.82) is 0 Å². The molecule has 3 nitrogen and oxygen atoms in total. The average Bonchev–Trinajstić information content (AvgIpc) is 2.52. The molecule has 0 saturated heterocycles. The number of benzene rings is 2. The molecule has 116 valence electrons. The van der Waals surface area contributed by atoms with Crippen molar-refractivity contribution in [3.05, 3.63) is 58.7 Å². The van der Waals surface area contributed by atoms with Crippen LogP contribution in [0, 0.1) is 20.8 Å². The first-order chi connectivity index (χ1) is 10.5. The van der Waals surface area contributed by atoms with Gasteiger partial charge in [-0.25, -0.2) is 0 Å². The highest BCUT2D eigenvalue weighted by atomic mass is 32.2. The van der Waals surface area contributed by atoms with Crippen LogP contribution in [0.2, 0.25) is 0 Å². The summed E-state index contributed by atoms with van der Waals surface area (Å²) in [6, 6.07) is 11.5. The van der Waals surface area contributed by atoms with Crippen molar-refractivity contribution in [2.75, 3.05) is 11.6 Å². The van der Waals surface area contributed by atoms with Crippen LogP contribution in [-0.4, -0.2) is 17.3 Å². The number of rotatable bonds is 4. The van der Waals surface area contributed by atoms with Gasteiger partial charge in [0.1, 0.15) is 11.0 Å². The van der Waals surface area contributed by atoms with Crippen LogP contribution in [0.1, 0.15) is 27.5 Å². The van der Waals surface area contributed by atoms with E-state index in [1.807, 2.05) is 63.4 Å². The Balaban J connectivity index is 2.29. The fraction of sp³-hybridized carbons (Fsp3) is 0.278. The van der Waals surface area contributed by atoms with E-state index < -0.39 is 0 Å². The van der Waals surface area contributed by atoms with Gasteiger partial charge in [0, 0.05) is 5.69 Å². The molecule has 4 heteroatoms. The number of amides is 1. The second kappa shape index (κ2) is 6.88. The lowest BCUT2D eigenvalue weighted by Gasteiger charge is -2.18. The van der Waals surface area contributed by atoms with Crippen molar-refractivity contribution >= 4 is 23.4 Å². The number of aromatic hydroxyl groups is 1. The Morgan fingerprint density at radius 2 is 1.77 bits per heavy atom. The van der Waals surface area contributed by atoms with Crippen LogP contribution in [0.15, 0.2) is 36.4 Å². The smallest absolute Gasteiger partial charge is 0.241 e. The lowest BCUT2D eigenvalue weighted by atomic mass is 10.0. The first-order valence-corrected chi connectivity index (χ1v) is 8.42. The Morgan fingerprint density at radius 3 is 2.36 bits per heavy atom. The van der Waals surface area contributed by atoms with Crippen LogP contribution in [0.4, 0.5) is 5.69 Å². The van der Waals surface area contributed by atoms with Crippen molar-refractivity contribution in [2.24, 2.45) is 0 Å². The Kier molecular flexibility index (Phi) is 5.14. The molecule has 22 heavy (non-hydrogen) atoms. The minimum atomic E-state index is -0.255. The van der Waals surface area contributed by atoms with Gasteiger partial charge >= 0.3 is 0 Å². The van der Waals surface area contributed by atoms with E-state index in [1.54, 1.807) is 0 Å². The van der Waals surface area contributed by atoms with Gasteiger partial charge in [0.05, 0.1) is 0 Å². The summed E-state index contributed by atoms with van der Waals surface area (Å²) < 4.78 is 0. The molecule has 0 radical (unpaired) electrons. The van der Waals surface area contributed by atoms with E-state index in [1.165, 1.54) is 11.8 Å². The molecule has 2 aromatic carbocycles. The lowest BCUT2D eigenvalue weighted by molar-refractivity contribution is -0.115. The first-order valence-electron chi connectivity index (χ1n) is 7.14. The fourth-order valence-electron chi connectivity index (χ4n) is 2.42. The second-order valence-electron chi connectivity index (χ2n) is 5.36. The number of carbonyl (C=O) groups is 1. The van der Waals surface area contributed by atoms with Gasteiger partial charge in [-0.05, 0) is 55.3 Å². The topological polar surface area (TPSA) is 49.3 Å². The summed E-state index contributed by atoms with van der Waals surface area (Å²) in [7, 11) is 0. The van der Waals surface area contributed by atoms with Gasteiger partial charge in [-0.2, -0.15) is 0 Å². The number of aryl methyl sites for hydroxylation is 1. The summed E-state index contributed by atoms with van der Waals surface area (Å²) in [4.78, 5) is 12.6. The molecule has 0 fully saturated rings. The maximum Gasteiger partial charge on any atom is 0.241 e. The Morgan fingerprint density at radius 1 is 1.14 bits per heavy atom. The highest BCUT2D eigenvalue weighted by Crippen LogP contribution is 2.33. The normalized spacial score (nSPS) is 12.0. The molecular weight excluding hydrogens is 294 g/mol. The Bertz CT molecular complexity index is 683. The number of anilines is 1. The third-order valence-corrected chi connectivity index (χ3v) is 4.85. The van der Waals surface area contributed by atoms with Crippen LogP contribution in [0.3, 0.4) is 0 Å². The van der Waals surface area contributed by atoms with Crippen molar-refractivity contribution in [1.82, 2.24) is 0 Å². The summed E-state index contributed by atoms with van der Waals surface area (Å²) in [5.74, 6) is 0.242. The average molecular weight is 315 g/mol. The van der Waals surface area contributed by atoms with Crippen molar-refractivity contribution in [3.63, 3.8) is 0 Å². The number of nitrogens with one attached hydrogen (secondary N) is 1. The number of phenolic OH excluding ortho intramolecular Hbond substituents is 1. The van der Waals surface area contributed by atoms with Gasteiger partial charge < -0.3 is 10.4 Å². The van der Waals surface area contributed by atoms with Crippen LogP contribution in [0.25, 0.3) is 0 Å². The van der Waals surface area contributed by atoms with Crippen LogP contribution >= 0.6 is 11.8 Å². The zero-order valence-electron chi connectivity index (χ0n) is 13.3. The second-order valence-corrected chi connectivity index (χ2v) is 6.30. The predicted molar refractivity (Wildman–Crippen MR) is 93.6 cm³/mol. The highest BCUT2D eigenvalue weighted by Gasteiger charge is 2.20. The van der Waals surface area contributed by atoms with Crippen molar-refractivity contribution in [3.8, 4) is 5.75 Å². The van der Waals surface area contributed by atoms with Gasteiger partial charge in [0.25, 0.3) is 0 Å². The molecule has 0 saturated carbocycles. The maximum absolute atomic E-state index is 12.6. The lowest BCUT2D eigenvalue weighted by Crippen LogP contribution is -2.19. The van der Waals surface area contributed by atoms with Gasteiger partial charge in [-0.15, -0.1) is 11.8 Å². The van der Waals surface area contributed by atoms with Crippen molar-refractivity contribution in [2.45, 2.75) is 26.0 Å². The van der Waals surface area contributed by atoms with E-state index >= 15 is 0 Å². The van der Waals surface area contributed by atoms with E-state index in [9.17, 15) is 9.90 Å². The molecule has 2 N–H and O–H groups in total. The SMILES string of the molecule is CSC(C(=O)Nc1cc(C)c(O)c(C)c1C)c1ccccc1. The summed E-state index contributed by atoms with van der Waals surface area (Å²) in [6.45, 7) is 5.60. The number of thioether (sulfide) groups is 1. The van der Waals surface area contributed by atoms with Crippen LogP contribution in [0.5, 0.6) is 5.75 Å². The summed E-state index contributed by atoms with van der Waals surface area (Å²) in [6.07, 6.45) is 1.93. The van der Waals surface area contributed by atoms with Crippen LogP contribution < -0.4 is 5.32 Å². The van der Waals surface area contributed by atoms with Gasteiger partial charge in [0.15, 0.2) is 0 Å². The number of hydrogen-bond donors (Lipinski definition) is 2. The van der Waals surface area contributed by atoms with Gasteiger partial charge in [-0.1, -0.05) is 30.3 Å². The molecule has 0 aliphatic rings. The van der Waals surface area contributed by atoms with Crippen LogP contribution in [-0.2, 0) is 4.79 Å². The molecule has 0 bridgehead atoms. The standard InChI is InChI=1S/C18H21NO2S/c1-11-10-15(12(2)13(3)16(11)20)19-18(21)17(22-4)14-8-6-5-7-9-14/h5-10,17,20H,1-4H3,(H,19,21). The first kappa shape index (κ1) is 16.4. The molecular formula is C18H21NO2S. The van der Waals surface area contributed by atoms with Crippen molar-refractivity contribution < 1.29 is 9.90 Å². The summed E-state index contributed by atoms with van der Waals surface area (Å²) in [5, 5.41) is 12.7. The third kappa shape index (κ3) is 3.28. The molecule has 1 amide bonds. The quantitative estimate of drug-likeness (QED) is 0.824. The molecule has 0 spiro atoms. The number of phenols is 1. The molecule has 0 aliphatic heterocycles. The van der Waals surface area contributed by atoms with E-state index in [-0.39, 0.29) is 11.2 Å². The molecule has 0 aromatic heterocycles. The minimum Gasteiger partial charge on any atom is -0.507 e. The summed E-state index contributed by atoms with van der Waals surface area (Å²) >= 11 is 1.51. The zero-order chi connectivity index (χ0) is 16.3. The predicted octanol–water partition coefficient (Wildman–Crippen LogP) is 4.36. The molecule has 2 rings (SSSR count). The van der Waals surface area contributed by atoms with E-state index in [0.29, 0.717) is 5.75 Å². The van der Waals surface area contributed by atoms with E-state index in [2.05, 4.69) is 5.32 Å². The molecule has 0 aliphatic carbocycles. The Hall–Kier alpha value is -1.94. The van der Waals surface area contributed by atoms with E-state index in [4.69, 9.17) is 0 Å². The Labute approximate surface area is 135 Å². The monoisotopic (exact) mass is 315 g/mol. The third-order valence-electron chi connectivity index (χ3n) is 3.89. The number of hydrogen-bond acceptors (Lipinski definition) is 3. The molecule has 1 unspecified atom stereocenters. The molecule has 0 heterocycles. The van der Waals surface area contributed by atoms with E-state index in [0.717, 1.165) is 27.9 Å². The fourth-order valence-corrected chi connectivity index (χ4v) is 3.12. The summed E-state index contributed by atoms with van der Waals surface area (Å²) in [5.41, 5.74) is 4.20. The van der Waals surface area contributed by atoms with Gasteiger partial charge in [-0.3, -0.25) is 4.79 Å². The largest absolute Gasteiger partial charge is 0.507 e. The molecule has 1 atom stereocenters. The highest BCUT2D eigenvalue weighted by molar-refractivity contribution is 7.99. The number of carbonyl (C=O) groups excluding carboxylic acids is 1. The minimum absolute atomic E-state index is 0.0497. The van der Waals surface area contributed by atoms with Gasteiger partial charge in [0.2, 0.25) is 5.91 Å². The molecule has 2 aromatic rings.